The van der Waals surface area contributed by atoms with E-state index in [1.165, 1.54) is 23.5 Å². The number of nitrogens with zero attached hydrogens (tertiary/aromatic N) is 3. The zero-order valence-corrected chi connectivity index (χ0v) is 21.0. The van der Waals surface area contributed by atoms with Gasteiger partial charge in [0.15, 0.2) is 10.8 Å². The van der Waals surface area contributed by atoms with Crippen molar-refractivity contribution in [2.45, 2.75) is 51.4 Å². The van der Waals surface area contributed by atoms with Crippen LogP contribution in [0.3, 0.4) is 0 Å². The summed E-state index contributed by atoms with van der Waals surface area (Å²) in [5, 5.41) is 1.89. The van der Waals surface area contributed by atoms with Gasteiger partial charge >= 0.3 is 5.97 Å². The van der Waals surface area contributed by atoms with E-state index in [4.69, 9.17) is 9.73 Å². The minimum atomic E-state index is -3.53. The monoisotopic (exact) mass is 506 g/mol. The molecule has 0 aliphatic carbocycles. The number of hydrogen-bond donors (Lipinski definition) is 1. The molecule has 11 heteroatoms. The first-order valence-corrected chi connectivity index (χ1v) is 13.5. The number of halogens is 1. The molecule has 1 saturated heterocycles. The molecule has 0 saturated carbocycles. The molecule has 0 spiro atoms. The molecule has 34 heavy (non-hydrogen) atoms. The number of esters is 1. The van der Waals surface area contributed by atoms with Gasteiger partial charge in [-0.2, -0.15) is 0 Å². The number of amidine groups is 1. The van der Waals surface area contributed by atoms with Crippen molar-refractivity contribution in [1.82, 2.24) is 14.6 Å². The molecular formula is C23H27FN4O4S2. The number of sulfonamides is 1. The number of carbonyl (C=O) groups excluding carboxylic acids is 1. The Labute approximate surface area is 202 Å². The number of thiazole rings is 1. The quantitative estimate of drug-likeness (QED) is 0.579. The second-order valence-electron chi connectivity index (χ2n) is 8.50. The average Bonchev–Trinajstić information content (AvgIpc) is 3.42. The van der Waals surface area contributed by atoms with Crippen LogP contribution in [-0.4, -0.2) is 54.6 Å². The molecule has 3 heterocycles. The Balaban J connectivity index is 1.87. The number of aromatic nitrogens is 1. The van der Waals surface area contributed by atoms with Crippen LogP contribution in [0, 0.1) is 12.7 Å². The summed E-state index contributed by atoms with van der Waals surface area (Å²) in [6.45, 7) is 7.20. The molecule has 182 valence electrons. The fraction of sp³-hybridized carbons (Fsp3) is 0.435. The van der Waals surface area contributed by atoms with Gasteiger partial charge in [0, 0.05) is 36.3 Å². The van der Waals surface area contributed by atoms with Crippen molar-refractivity contribution in [3.8, 4) is 0 Å². The molecular weight excluding hydrogens is 479 g/mol. The highest BCUT2D eigenvalue weighted by atomic mass is 32.2. The molecule has 1 aromatic heterocycles. The molecule has 0 bridgehead atoms. The van der Waals surface area contributed by atoms with Gasteiger partial charge in [-0.1, -0.05) is 6.07 Å². The van der Waals surface area contributed by atoms with E-state index < -0.39 is 33.3 Å². The highest BCUT2D eigenvalue weighted by molar-refractivity contribution is 7.90. The summed E-state index contributed by atoms with van der Waals surface area (Å²) in [6, 6.07) is 3.19. The maximum absolute atomic E-state index is 13.9. The number of rotatable bonds is 7. The van der Waals surface area contributed by atoms with Crippen molar-refractivity contribution >= 4 is 33.2 Å². The fourth-order valence-electron chi connectivity index (χ4n) is 4.18. The molecule has 0 radical (unpaired) electrons. The number of carbonyl (C=O) groups is 1. The molecule has 1 unspecified atom stereocenters. The first-order chi connectivity index (χ1) is 16.1. The molecule has 2 aliphatic rings. The highest BCUT2D eigenvalue weighted by Gasteiger charge is 2.43. The number of aryl methyl sites for hydroxylation is 1. The van der Waals surface area contributed by atoms with Gasteiger partial charge in [0.2, 0.25) is 10.0 Å². The van der Waals surface area contributed by atoms with E-state index in [1.807, 2.05) is 10.3 Å². The van der Waals surface area contributed by atoms with Crippen LogP contribution < -0.4 is 4.72 Å². The van der Waals surface area contributed by atoms with Gasteiger partial charge < -0.3 is 9.64 Å². The van der Waals surface area contributed by atoms with Crippen LogP contribution in [0.2, 0.25) is 0 Å². The Kier molecular flexibility index (Phi) is 6.88. The summed E-state index contributed by atoms with van der Waals surface area (Å²) < 4.78 is 47.1. The van der Waals surface area contributed by atoms with Gasteiger partial charge in [0.1, 0.15) is 11.9 Å². The second-order valence-corrected chi connectivity index (χ2v) is 11.7. The molecule has 4 rings (SSSR count). The Morgan fingerprint density at radius 3 is 2.76 bits per heavy atom. The van der Waals surface area contributed by atoms with Crippen LogP contribution in [0.4, 0.5) is 4.39 Å². The first kappa shape index (κ1) is 24.5. The van der Waals surface area contributed by atoms with E-state index in [1.54, 1.807) is 40.0 Å². The molecule has 0 amide bonds. The Hall–Kier alpha value is -2.63. The lowest BCUT2D eigenvalue weighted by Crippen LogP contribution is -2.42. The third kappa shape index (κ3) is 4.64. The summed E-state index contributed by atoms with van der Waals surface area (Å²) in [6.07, 6.45) is 1.96. The van der Waals surface area contributed by atoms with E-state index in [2.05, 4.69) is 9.71 Å². The van der Waals surface area contributed by atoms with Crippen molar-refractivity contribution in [2.24, 2.45) is 4.99 Å². The number of ether oxygens (including phenoxy) is 1. The largest absolute Gasteiger partial charge is 0.463 e. The highest BCUT2D eigenvalue weighted by Crippen LogP contribution is 2.41. The maximum Gasteiger partial charge on any atom is 0.338 e. The predicted octanol–water partition coefficient (Wildman–Crippen LogP) is 3.31. The molecule has 1 fully saturated rings. The molecule has 2 atom stereocenters. The van der Waals surface area contributed by atoms with E-state index in [9.17, 15) is 17.6 Å². The average molecular weight is 507 g/mol. The number of benzene rings is 1. The molecule has 1 aromatic carbocycles. The maximum atomic E-state index is 13.9. The minimum absolute atomic E-state index is 0.178. The van der Waals surface area contributed by atoms with Crippen molar-refractivity contribution in [1.29, 1.82) is 0 Å². The van der Waals surface area contributed by atoms with Gasteiger partial charge in [0.25, 0.3) is 0 Å². The summed E-state index contributed by atoms with van der Waals surface area (Å²) in [5.41, 5.74) is 2.31. The van der Waals surface area contributed by atoms with Crippen LogP contribution in [0.5, 0.6) is 0 Å². The SMILES string of the molecule is CCOC(=O)C1=C2CC(NS(=O)(=O)C(C)C)CN2C(c2nccs2)=N[C@H]1c1ccc(F)cc1C. The Morgan fingerprint density at radius 1 is 1.38 bits per heavy atom. The van der Waals surface area contributed by atoms with Crippen LogP contribution in [0.25, 0.3) is 0 Å². The van der Waals surface area contributed by atoms with Crippen LogP contribution in [-0.2, 0) is 19.6 Å². The second kappa shape index (κ2) is 9.55. The first-order valence-electron chi connectivity index (χ1n) is 11.0. The summed E-state index contributed by atoms with van der Waals surface area (Å²) >= 11 is 1.40. The number of nitrogens with one attached hydrogen (secondary N) is 1. The predicted molar refractivity (Wildman–Crippen MR) is 128 cm³/mol. The van der Waals surface area contributed by atoms with Gasteiger partial charge in [0.05, 0.1) is 17.4 Å². The van der Waals surface area contributed by atoms with Crippen LogP contribution in [0.15, 0.2) is 46.0 Å². The van der Waals surface area contributed by atoms with Gasteiger partial charge in [-0.3, -0.25) is 4.99 Å². The number of aliphatic imine (C=N–C) groups is 1. The van der Waals surface area contributed by atoms with Crippen molar-refractivity contribution in [3.63, 3.8) is 0 Å². The third-order valence-electron chi connectivity index (χ3n) is 5.86. The van der Waals surface area contributed by atoms with Gasteiger partial charge in [-0.15, -0.1) is 11.3 Å². The van der Waals surface area contributed by atoms with E-state index >= 15 is 0 Å². The van der Waals surface area contributed by atoms with Crippen LogP contribution in [0.1, 0.15) is 49.4 Å². The summed E-state index contributed by atoms with van der Waals surface area (Å²) in [7, 11) is -3.53. The van der Waals surface area contributed by atoms with E-state index in [0.29, 0.717) is 46.2 Å². The lowest BCUT2D eigenvalue weighted by Gasteiger charge is -2.32. The van der Waals surface area contributed by atoms with E-state index in [0.717, 1.165) is 0 Å². The van der Waals surface area contributed by atoms with Crippen molar-refractivity contribution in [2.75, 3.05) is 13.2 Å². The lowest BCUT2D eigenvalue weighted by atomic mass is 9.91. The number of fused-ring (bicyclic) bond motifs is 1. The molecule has 2 aliphatic heterocycles. The van der Waals surface area contributed by atoms with Crippen molar-refractivity contribution < 1.29 is 22.3 Å². The molecule has 2 aromatic rings. The fourth-order valence-corrected chi connectivity index (χ4v) is 5.72. The number of hydrogen-bond acceptors (Lipinski definition) is 8. The van der Waals surface area contributed by atoms with Crippen molar-refractivity contribution in [3.05, 3.63) is 63.0 Å². The third-order valence-corrected chi connectivity index (χ3v) is 8.53. The smallest absolute Gasteiger partial charge is 0.338 e. The minimum Gasteiger partial charge on any atom is -0.463 e. The van der Waals surface area contributed by atoms with Crippen LogP contribution >= 0.6 is 11.3 Å². The lowest BCUT2D eigenvalue weighted by molar-refractivity contribution is -0.139. The summed E-state index contributed by atoms with van der Waals surface area (Å²) in [4.78, 5) is 24.4. The van der Waals surface area contributed by atoms with Gasteiger partial charge in [-0.25, -0.2) is 27.3 Å². The molecule has 1 N–H and O–H groups in total. The Morgan fingerprint density at radius 2 is 2.15 bits per heavy atom. The summed E-state index contributed by atoms with van der Waals surface area (Å²) in [5.74, 6) is -0.347. The van der Waals surface area contributed by atoms with Gasteiger partial charge in [-0.05, 0) is 51.0 Å². The Bertz CT molecular complexity index is 1260. The normalized spacial score (nSPS) is 20.5. The van der Waals surface area contributed by atoms with E-state index in [-0.39, 0.29) is 12.4 Å². The zero-order chi connectivity index (χ0) is 24.6. The zero-order valence-electron chi connectivity index (χ0n) is 19.4. The molecule has 8 nitrogen and oxygen atoms in total. The topological polar surface area (TPSA) is 101 Å². The standard InChI is InChI=1S/C23H27FN4O4S2/c1-5-32-23(29)19-18-11-16(27-34(30,31)13(2)3)12-28(18)21(22-25-8-9-33-22)26-20(19)17-7-6-15(24)10-14(17)4/h6-10,13,16,20,27H,5,11-12H2,1-4H3/t16?,20-/m0/s1.